The minimum absolute atomic E-state index is 0.0306. The number of fused-ring (bicyclic) bond motifs is 1. The summed E-state index contributed by atoms with van der Waals surface area (Å²) in [4.78, 5) is 32.5. The fourth-order valence-corrected chi connectivity index (χ4v) is 4.88. The highest BCUT2D eigenvalue weighted by molar-refractivity contribution is 7.13. The third-order valence-electron chi connectivity index (χ3n) is 5.99. The number of nitrogens with zero attached hydrogens (tertiary/aromatic N) is 2. The van der Waals surface area contributed by atoms with Crippen LogP contribution in [0, 0.1) is 0 Å². The summed E-state index contributed by atoms with van der Waals surface area (Å²) in [6, 6.07) is 13.1. The second-order valence-corrected chi connectivity index (χ2v) is 9.12. The van der Waals surface area contributed by atoms with Gasteiger partial charge in [0.25, 0.3) is 5.91 Å². The number of thiazole rings is 1. The number of hydrogen-bond acceptors (Lipinski definition) is 8. The standard InChI is InChI=1S/C27H24N2O6S/c1-3-4-12-34-19-10-9-17(15-20(19)33-2)23-22(25(31)26(32)29(23)27-28-11-13-36-27)24(30)21-14-16-7-5-6-8-18(16)35-21/h5-11,13-15,23,31H,3-4,12H2,1-2H3. The van der Waals surface area contributed by atoms with Gasteiger partial charge >= 0.3 is 0 Å². The SMILES string of the molecule is CCCCOc1ccc(C2C(C(=O)c3cc4ccccc4o3)=C(O)C(=O)N2c2nccs2)cc1OC. The number of aliphatic hydroxyl groups is 1. The van der Waals surface area contributed by atoms with Gasteiger partial charge < -0.3 is 19.0 Å². The smallest absolute Gasteiger partial charge is 0.296 e. The van der Waals surface area contributed by atoms with E-state index in [0.29, 0.717) is 34.4 Å². The first kappa shape index (κ1) is 23.6. The Bertz CT molecular complexity index is 1420. The Kier molecular flexibility index (Phi) is 6.47. The number of aromatic nitrogens is 1. The van der Waals surface area contributed by atoms with Gasteiger partial charge in [-0.2, -0.15) is 0 Å². The van der Waals surface area contributed by atoms with E-state index in [9.17, 15) is 14.7 Å². The van der Waals surface area contributed by atoms with Crippen LogP contribution in [-0.4, -0.2) is 35.5 Å². The van der Waals surface area contributed by atoms with Crippen LogP contribution in [0.1, 0.15) is 41.9 Å². The maximum atomic E-state index is 13.7. The van der Waals surface area contributed by atoms with Gasteiger partial charge in [0.05, 0.1) is 25.3 Å². The molecule has 3 heterocycles. The van der Waals surface area contributed by atoms with Crippen LogP contribution < -0.4 is 14.4 Å². The molecule has 0 spiro atoms. The Labute approximate surface area is 211 Å². The Hall–Kier alpha value is -4.11. The summed E-state index contributed by atoms with van der Waals surface area (Å²) < 4.78 is 17.2. The number of para-hydroxylation sites is 1. The van der Waals surface area contributed by atoms with Crippen molar-refractivity contribution in [3.8, 4) is 11.5 Å². The van der Waals surface area contributed by atoms with Gasteiger partial charge in [0.1, 0.15) is 5.58 Å². The molecule has 1 atom stereocenters. The average Bonchev–Trinajstić information content (AvgIpc) is 3.63. The Balaban J connectivity index is 1.60. The van der Waals surface area contributed by atoms with Gasteiger partial charge in [-0.05, 0) is 36.2 Å². The molecule has 36 heavy (non-hydrogen) atoms. The molecule has 8 nitrogen and oxygen atoms in total. The van der Waals surface area contributed by atoms with Crippen molar-refractivity contribution >= 4 is 39.1 Å². The number of Topliss-reactive ketones (excluding diaryl/α,β-unsaturated/α-hetero) is 1. The van der Waals surface area contributed by atoms with Crippen molar-refractivity contribution in [2.75, 3.05) is 18.6 Å². The number of ketones is 1. The highest BCUT2D eigenvalue weighted by Gasteiger charge is 2.46. The first-order valence-electron chi connectivity index (χ1n) is 11.5. The summed E-state index contributed by atoms with van der Waals surface area (Å²) in [6.45, 7) is 2.61. The van der Waals surface area contributed by atoms with Crippen LogP contribution in [0.3, 0.4) is 0 Å². The number of methoxy groups -OCH3 is 1. The third-order valence-corrected chi connectivity index (χ3v) is 6.76. The molecule has 2 aromatic carbocycles. The zero-order chi connectivity index (χ0) is 25.2. The molecule has 1 aliphatic heterocycles. The molecular formula is C27H24N2O6S. The van der Waals surface area contributed by atoms with Crippen LogP contribution in [0.5, 0.6) is 11.5 Å². The Morgan fingerprint density at radius 1 is 1.19 bits per heavy atom. The molecule has 1 N–H and O–H groups in total. The predicted octanol–water partition coefficient (Wildman–Crippen LogP) is 5.86. The van der Waals surface area contributed by atoms with Crippen molar-refractivity contribution in [3.05, 3.63) is 82.8 Å². The van der Waals surface area contributed by atoms with Crippen LogP contribution in [0.2, 0.25) is 0 Å². The van der Waals surface area contributed by atoms with E-state index in [4.69, 9.17) is 13.9 Å². The molecule has 0 saturated carbocycles. The number of hydrogen-bond donors (Lipinski definition) is 1. The number of anilines is 1. The molecule has 1 amide bonds. The molecule has 1 unspecified atom stereocenters. The largest absolute Gasteiger partial charge is 0.503 e. The fourth-order valence-electron chi connectivity index (χ4n) is 4.21. The van der Waals surface area contributed by atoms with E-state index in [1.165, 1.54) is 23.3 Å². The second-order valence-electron chi connectivity index (χ2n) is 8.24. The minimum atomic E-state index is -0.942. The van der Waals surface area contributed by atoms with E-state index in [-0.39, 0.29) is 11.3 Å². The quantitative estimate of drug-likeness (QED) is 0.225. The zero-order valence-electron chi connectivity index (χ0n) is 19.8. The van der Waals surface area contributed by atoms with Gasteiger partial charge in [0.2, 0.25) is 5.78 Å². The predicted molar refractivity (Wildman–Crippen MR) is 136 cm³/mol. The summed E-state index contributed by atoms with van der Waals surface area (Å²) in [7, 11) is 1.53. The highest BCUT2D eigenvalue weighted by atomic mass is 32.1. The minimum Gasteiger partial charge on any atom is -0.503 e. The third kappa shape index (κ3) is 4.11. The van der Waals surface area contributed by atoms with Crippen LogP contribution >= 0.6 is 11.3 Å². The molecule has 0 bridgehead atoms. The molecule has 1 aliphatic rings. The van der Waals surface area contributed by atoms with Crippen LogP contribution in [0.4, 0.5) is 5.13 Å². The number of ether oxygens (including phenoxy) is 2. The lowest BCUT2D eigenvalue weighted by Gasteiger charge is -2.25. The fraction of sp³-hybridized carbons (Fsp3) is 0.222. The lowest BCUT2D eigenvalue weighted by Crippen LogP contribution is -2.31. The van der Waals surface area contributed by atoms with Crippen molar-refractivity contribution in [2.24, 2.45) is 0 Å². The molecular weight excluding hydrogens is 480 g/mol. The number of rotatable bonds is 9. The van der Waals surface area contributed by atoms with E-state index >= 15 is 0 Å². The van der Waals surface area contributed by atoms with E-state index in [2.05, 4.69) is 11.9 Å². The van der Waals surface area contributed by atoms with Crippen molar-refractivity contribution in [1.29, 1.82) is 0 Å². The monoisotopic (exact) mass is 504 g/mol. The van der Waals surface area contributed by atoms with Crippen molar-refractivity contribution < 1.29 is 28.6 Å². The molecule has 9 heteroatoms. The van der Waals surface area contributed by atoms with Crippen LogP contribution in [0.25, 0.3) is 11.0 Å². The first-order chi connectivity index (χ1) is 17.5. The Morgan fingerprint density at radius 2 is 2.03 bits per heavy atom. The van der Waals surface area contributed by atoms with E-state index < -0.39 is 23.5 Å². The molecule has 0 fully saturated rings. The van der Waals surface area contributed by atoms with Crippen LogP contribution in [-0.2, 0) is 4.79 Å². The summed E-state index contributed by atoms with van der Waals surface area (Å²) in [5.74, 6) is -0.888. The van der Waals surface area contributed by atoms with Gasteiger partial charge in [-0.25, -0.2) is 4.98 Å². The Morgan fingerprint density at radius 3 is 2.75 bits per heavy atom. The number of unbranched alkanes of at least 4 members (excludes halogenated alkanes) is 1. The number of furan rings is 1. The van der Waals surface area contributed by atoms with Gasteiger partial charge in [0.15, 0.2) is 28.1 Å². The van der Waals surface area contributed by atoms with Crippen molar-refractivity contribution in [2.45, 2.75) is 25.8 Å². The average molecular weight is 505 g/mol. The highest BCUT2D eigenvalue weighted by Crippen LogP contribution is 2.44. The maximum absolute atomic E-state index is 13.7. The van der Waals surface area contributed by atoms with Crippen molar-refractivity contribution in [1.82, 2.24) is 4.98 Å². The number of carbonyl (C=O) groups excluding carboxylic acids is 2. The van der Waals surface area contributed by atoms with E-state index in [1.807, 2.05) is 12.1 Å². The van der Waals surface area contributed by atoms with Gasteiger partial charge in [-0.1, -0.05) is 37.6 Å². The van der Waals surface area contributed by atoms with E-state index in [0.717, 1.165) is 18.2 Å². The topological polar surface area (TPSA) is 102 Å². The lowest BCUT2D eigenvalue weighted by atomic mass is 9.95. The molecule has 184 valence electrons. The first-order valence-corrected chi connectivity index (χ1v) is 12.4. The summed E-state index contributed by atoms with van der Waals surface area (Å²) in [6.07, 6.45) is 3.45. The normalized spacial score (nSPS) is 15.7. The number of aliphatic hydroxyl groups excluding tert-OH is 1. The molecule has 4 aromatic rings. The molecule has 5 rings (SSSR count). The van der Waals surface area contributed by atoms with Gasteiger partial charge in [-0.3, -0.25) is 14.5 Å². The maximum Gasteiger partial charge on any atom is 0.296 e. The lowest BCUT2D eigenvalue weighted by molar-refractivity contribution is -0.117. The number of amides is 1. The second kappa shape index (κ2) is 9.87. The summed E-state index contributed by atoms with van der Waals surface area (Å²) in [5, 5.41) is 13.8. The summed E-state index contributed by atoms with van der Waals surface area (Å²) >= 11 is 1.23. The number of benzene rings is 2. The summed E-state index contributed by atoms with van der Waals surface area (Å²) in [5.41, 5.74) is 1.01. The van der Waals surface area contributed by atoms with E-state index in [1.54, 1.807) is 48.0 Å². The van der Waals surface area contributed by atoms with Crippen molar-refractivity contribution in [3.63, 3.8) is 0 Å². The molecule has 0 saturated heterocycles. The van der Waals surface area contributed by atoms with Gasteiger partial charge in [-0.15, -0.1) is 11.3 Å². The molecule has 0 radical (unpaired) electrons. The van der Waals surface area contributed by atoms with Gasteiger partial charge in [0, 0.05) is 17.0 Å². The molecule has 0 aliphatic carbocycles. The zero-order valence-corrected chi connectivity index (χ0v) is 20.6. The molecule has 2 aromatic heterocycles. The van der Waals surface area contributed by atoms with Crippen LogP contribution in [0.15, 0.2) is 75.9 Å². The number of carbonyl (C=O) groups is 2.